The molecule has 1 aromatic heterocycles. The van der Waals surface area contributed by atoms with Crippen molar-refractivity contribution in [1.29, 1.82) is 0 Å². The molecule has 3 rings (SSSR count). The average Bonchev–Trinajstić information content (AvgIpc) is 3.24. The Morgan fingerprint density at radius 3 is 2.85 bits per heavy atom. The summed E-state index contributed by atoms with van der Waals surface area (Å²) in [5, 5.41) is 29.1. The van der Waals surface area contributed by atoms with Crippen molar-refractivity contribution in [3.63, 3.8) is 0 Å². The molecule has 0 aliphatic carbocycles. The van der Waals surface area contributed by atoms with E-state index in [9.17, 15) is 15.2 Å². The molecular weight excluding hydrogens is 440 g/mol. The number of ether oxygens (including phenoxy) is 1. The Morgan fingerprint density at radius 2 is 2.12 bits per heavy atom. The van der Waals surface area contributed by atoms with Gasteiger partial charge in [-0.15, -0.1) is 11.3 Å². The van der Waals surface area contributed by atoms with E-state index in [1.165, 1.54) is 36.2 Å². The zero-order valence-corrected chi connectivity index (χ0v) is 20.0. The van der Waals surface area contributed by atoms with Crippen LogP contribution in [0.25, 0.3) is 0 Å². The van der Waals surface area contributed by atoms with E-state index in [0.29, 0.717) is 19.6 Å². The zero-order valence-electron chi connectivity index (χ0n) is 19.2. The number of hydrogen-bond acceptors (Lipinski definition) is 8. The molecule has 2 heterocycles. The molecule has 1 aliphatic rings. The second-order valence-corrected chi connectivity index (χ2v) is 9.31. The molecule has 1 fully saturated rings. The number of rotatable bonds is 13. The minimum Gasteiger partial charge on any atom is -0.494 e. The Hall–Kier alpha value is -2.62. The van der Waals surface area contributed by atoms with Crippen molar-refractivity contribution in [3.8, 4) is 5.75 Å². The van der Waals surface area contributed by atoms with Crippen LogP contribution in [0.2, 0.25) is 0 Å². The maximum atomic E-state index is 10.9. The summed E-state index contributed by atoms with van der Waals surface area (Å²) in [6.07, 6.45) is 4.73. The summed E-state index contributed by atoms with van der Waals surface area (Å²) < 4.78 is 5.89. The maximum Gasteiger partial charge on any atom is 0.274 e. The van der Waals surface area contributed by atoms with Gasteiger partial charge in [0.05, 0.1) is 11.5 Å². The number of piperidine rings is 1. The summed E-state index contributed by atoms with van der Waals surface area (Å²) in [7, 11) is 0. The van der Waals surface area contributed by atoms with Crippen molar-refractivity contribution in [2.75, 3.05) is 32.8 Å². The first-order chi connectivity index (χ1) is 16.0. The number of hydrogen-bond donors (Lipinski definition) is 3. The molecule has 1 atom stereocenters. The minimum absolute atomic E-state index is 0.187. The van der Waals surface area contributed by atoms with Crippen molar-refractivity contribution in [1.82, 2.24) is 15.5 Å². The van der Waals surface area contributed by atoms with Gasteiger partial charge in [-0.3, -0.25) is 15.0 Å². The highest BCUT2D eigenvalue weighted by atomic mass is 32.1. The van der Waals surface area contributed by atoms with Gasteiger partial charge in [0.25, 0.3) is 6.20 Å². The summed E-state index contributed by atoms with van der Waals surface area (Å²) in [6, 6.07) is 10.1. The molecule has 0 saturated carbocycles. The molecule has 1 unspecified atom stereocenters. The molecule has 0 spiro atoms. The monoisotopic (exact) mass is 474 g/mol. The van der Waals surface area contributed by atoms with Gasteiger partial charge in [-0.1, -0.05) is 18.6 Å². The number of nitrogens with one attached hydrogen (secondary N) is 2. The molecule has 2 aromatic rings. The smallest absolute Gasteiger partial charge is 0.274 e. The molecule has 3 N–H and O–H groups in total. The van der Waals surface area contributed by atoms with E-state index in [4.69, 9.17) is 4.74 Å². The van der Waals surface area contributed by atoms with E-state index in [1.54, 1.807) is 0 Å². The van der Waals surface area contributed by atoms with Gasteiger partial charge < -0.3 is 20.5 Å². The molecule has 1 aromatic carbocycles. The van der Waals surface area contributed by atoms with Gasteiger partial charge in [-0.2, -0.15) is 0 Å². The van der Waals surface area contributed by atoms with Crippen LogP contribution < -0.4 is 15.4 Å². The first-order valence-corrected chi connectivity index (χ1v) is 12.4. The first-order valence-electron chi connectivity index (χ1n) is 11.5. The van der Waals surface area contributed by atoms with E-state index >= 15 is 0 Å². The van der Waals surface area contributed by atoms with Crippen LogP contribution in [0, 0.1) is 17.0 Å². The Balaban J connectivity index is 1.38. The van der Waals surface area contributed by atoms with E-state index in [-0.39, 0.29) is 12.4 Å². The van der Waals surface area contributed by atoms with Gasteiger partial charge in [-0.25, -0.2) is 0 Å². The predicted molar refractivity (Wildman–Crippen MR) is 131 cm³/mol. The van der Waals surface area contributed by atoms with Crippen LogP contribution in [0.5, 0.6) is 5.75 Å². The molecule has 0 radical (unpaired) electrons. The summed E-state index contributed by atoms with van der Waals surface area (Å²) >= 11 is 1.47. The molecule has 33 heavy (non-hydrogen) atoms. The molecule has 9 heteroatoms. The van der Waals surface area contributed by atoms with Crippen molar-refractivity contribution in [2.24, 2.45) is 0 Å². The van der Waals surface area contributed by atoms with Gasteiger partial charge in [0.15, 0.2) is 5.82 Å². The lowest BCUT2D eigenvalue weighted by atomic mass is 10.1. The summed E-state index contributed by atoms with van der Waals surface area (Å²) in [5.74, 6) is 1.12. The third-order valence-corrected chi connectivity index (χ3v) is 6.61. The SMILES string of the molecule is Cc1csc(C(O)CNC(=C[N+](=O)[O-])NCCCOc2cccc(CN3CCCCC3)c2)c1. The minimum atomic E-state index is -0.721. The third-order valence-electron chi connectivity index (χ3n) is 5.46. The number of aliphatic hydroxyl groups excluding tert-OH is 1. The van der Waals surface area contributed by atoms with Crippen LogP contribution in [0.15, 0.2) is 47.7 Å². The number of nitrogens with zero attached hydrogens (tertiary/aromatic N) is 2. The number of aliphatic hydroxyl groups is 1. The average molecular weight is 475 g/mol. The number of thiophene rings is 1. The van der Waals surface area contributed by atoms with Gasteiger partial charge in [-0.05, 0) is 74.0 Å². The molecule has 1 saturated heterocycles. The van der Waals surface area contributed by atoms with Crippen LogP contribution in [0.3, 0.4) is 0 Å². The summed E-state index contributed by atoms with van der Waals surface area (Å²) in [6.45, 7) is 6.44. The van der Waals surface area contributed by atoms with Crippen LogP contribution in [-0.2, 0) is 6.54 Å². The van der Waals surface area contributed by atoms with E-state index in [2.05, 4.69) is 27.7 Å². The highest BCUT2D eigenvalue weighted by Gasteiger charge is 2.12. The second kappa shape index (κ2) is 13.2. The van der Waals surface area contributed by atoms with Gasteiger partial charge in [0.2, 0.25) is 0 Å². The van der Waals surface area contributed by atoms with Gasteiger partial charge in [0.1, 0.15) is 11.9 Å². The lowest BCUT2D eigenvalue weighted by molar-refractivity contribution is -0.404. The quantitative estimate of drug-likeness (QED) is 0.231. The standard InChI is InChI=1S/C24H34N4O4S/c1-19-13-23(33-18-19)22(29)15-26-24(17-28(30)31)25-9-6-12-32-21-8-5-7-20(14-21)16-27-10-3-2-4-11-27/h5,7-8,13-14,17-18,22,25-26,29H,2-4,6,9-12,15-16H2,1H3. The molecule has 0 amide bonds. The highest BCUT2D eigenvalue weighted by Crippen LogP contribution is 2.21. The lowest BCUT2D eigenvalue weighted by Gasteiger charge is -2.26. The normalized spacial score (nSPS) is 15.8. The first kappa shape index (κ1) is 25.0. The summed E-state index contributed by atoms with van der Waals surface area (Å²) in [4.78, 5) is 13.7. The maximum absolute atomic E-state index is 10.9. The van der Waals surface area contributed by atoms with Crippen molar-refractivity contribution in [2.45, 2.75) is 45.3 Å². The van der Waals surface area contributed by atoms with Crippen molar-refractivity contribution in [3.05, 3.63) is 73.9 Å². The fourth-order valence-corrected chi connectivity index (χ4v) is 4.67. The Morgan fingerprint density at radius 1 is 1.30 bits per heavy atom. The molecule has 0 bridgehead atoms. The lowest BCUT2D eigenvalue weighted by Crippen LogP contribution is -2.31. The third kappa shape index (κ3) is 9.03. The van der Waals surface area contributed by atoms with Crippen molar-refractivity contribution < 1.29 is 14.8 Å². The molecular formula is C24H34N4O4S. The van der Waals surface area contributed by atoms with Gasteiger partial charge in [0, 0.05) is 24.5 Å². The Bertz CT molecular complexity index is 911. The Kier molecular flexibility index (Phi) is 9.99. The molecule has 180 valence electrons. The van der Waals surface area contributed by atoms with E-state index in [1.807, 2.05) is 30.5 Å². The molecule has 1 aliphatic heterocycles. The number of nitro groups is 1. The largest absolute Gasteiger partial charge is 0.494 e. The van der Waals surface area contributed by atoms with E-state index in [0.717, 1.165) is 42.0 Å². The number of benzene rings is 1. The highest BCUT2D eigenvalue weighted by molar-refractivity contribution is 7.10. The number of likely N-dealkylation sites (tertiary alicyclic amines) is 1. The van der Waals surface area contributed by atoms with Crippen LogP contribution >= 0.6 is 11.3 Å². The second-order valence-electron chi connectivity index (χ2n) is 8.36. The summed E-state index contributed by atoms with van der Waals surface area (Å²) in [5.41, 5.74) is 2.35. The fraction of sp³-hybridized carbons (Fsp3) is 0.500. The predicted octanol–water partition coefficient (Wildman–Crippen LogP) is 3.80. The number of aryl methyl sites for hydroxylation is 1. The fourth-order valence-electron chi connectivity index (χ4n) is 3.79. The zero-order chi connectivity index (χ0) is 23.5. The van der Waals surface area contributed by atoms with Crippen LogP contribution in [0.4, 0.5) is 0 Å². The molecule has 8 nitrogen and oxygen atoms in total. The van der Waals surface area contributed by atoms with Crippen LogP contribution in [-0.4, -0.2) is 47.7 Å². The Labute approximate surface area is 199 Å². The van der Waals surface area contributed by atoms with E-state index < -0.39 is 11.0 Å². The van der Waals surface area contributed by atoms with Gasteiger partial charge >= 0.3 is 0 Å². The topological polar surface area (TPSA) is 99.9 Å². The van der Waals surface area contributed by atoms with Crippen molar-refractivity contribution >= 4 is 11.3 Å². The van der Waals surface area contributed by atoms with Crippen LogP contribution in [0.1, 0.15) is 47.8 Å².